The van der Waals surface area contributed by atoms with Crippen LogP contribution in [0.25, 0.3) is 11.1 Å². The number of amides is 1. The Hall–Kier alpha value is -3.58. The number of phenolic OH excluding ortho intramolecular Hbond substituents is 1. The fraction of sp³-hybridized carbons (Fsp3) is 0.200. The van der Waals surface area contributed by atoms with Gasteiger partial charge >= 0.3 is 0 Å². The first kappa shape index (κ1) is 21.6. The van der Waals surface area contributed by atoms with Crippen LogP contribution in [-0.4, -0.2) is 29.0 Å². The molecule has 0 fully saturated rings. The van der Waals surface area contributed by atoms with Crippen molar-refractivity contribution in [2.24, 2.45) is 5.92 Å². The first-order valence-electron chi connectivity index (χ1n) is 10.1. The Bertz CT molecular complexity index is 1210. The third-order valence-electron chi connectivity index (χ3n) is 5.52. The highest BCUT2D eigenvalue weighted by Gasteiger charge is 2.45. The quantitative estimate of drug-likeness (QED) is 0.536. The summed E-state index contributed by atoms with van der Waals surface area (Å²) in [6, 6.07) is 13.0. The SMILES string of the molecule is COc1ccccc1C1C(C(=O)C(C)C)=C(O)C(=O)N1c1ccc(-c2ccsc2)c(O)c1. The summed E-state index contributed by atoms with van der Waals surface area (Å²) in [5, 5.41) is 25.3. The zero-order valence-corrected chi connectivity index (χ0v) is 18.7. The van der Waals surface area contributed by atoms with Gasteiger partial charge < -0.3 is 14.9 Å². The van der Waals surface area contributed by atoms with Crippen molar-refractivity contribution in [2.45, 2.75) is 19.9 Å². The number of aliphatic hydroxyl groups excluding tert-OH is 1. The van der Waals surface area contributed by atoms with Gasteiger partial charge in [0.2, 0.25) is 0 Å². The minimum atomic E-state index is -0.889. The second-order valence-electron chi connectivity index (χ2n) is 7.81. The monoisotopic (exact) mass is 449 g/mol. The lowest BCUT2D eigenvalue weighted by Gasteiger charge is -2.28. The molecule has 164 valence electrons. The molecule has 6 nitrogen and oxygen atoms in total. The summed E-state index contributed by atoms with van der Waals surface area (Å²) >= 11 is 1.51. The zero-order chi connectivity index (χ0) is 23.0. The number of nitrogens with zero attached hydrogens (tertiary/aromatic N) is 1. The van der Waals surface area contributed by atoms with E-state index in [9.17, 15) is 19.8 Å². The van der Waals surface area contributed by atoms with Crippen molar-refractivity contribution >= 4 is 28.7 Å². The first-order chi connectivity index (χ1) is 15.3. The van der Waals surface area contributed by atoms with E-state index in [-0.39, 0.29) is 17.1 Å². The summed E-state index contributed by atoms with van der Waals surface area (Å²) in [7, 11) is 1.51. The molecule has 1 aliphatic rings. The highest BCUT2D eigenvalue weighted by atomic mass is 32.1. The average Bonchev–Trinajstić information content (AvgIpc) is 3.40. The van der Waals surface area contributed by atoms with Gasteiger partial charge in [0, 0.05) is 28.8 Å². The van der Waals surface area contributed by atoms with Gasteiger partial charge in [-0.05, 0) is 40.6 Å². The van der Waals surface area contributed by atoms with Crippen LogP contribution in [0.2, 0.25) is 0 Å². The van der Waals surface area contributed by atoms with Crippen LogP contribution in [0.3, 0.4) is 0 Å². The van der Waals surface area contributed by atoms with E-state index in [1.54, 1.807) is 50.2 Å². The molecule has 1 atom stereocenters. The lowest BCUT2D eigenvalue weighted by atomic mass is 9.90. The molecule has 1 aromatic heterocycles. The van der Waals surface area contributed by atoms with Gasteiger partial charge in [0.25, 0.3) is 5.91 Å². The fourth-order valence-corrected chi connectivity index (χ4v) is 4.61. The number of rotatable bonds is 6. The van der Waals surface area contributed by atoms with Crippen LogP contribution in [0.5, 0.6) is 11.5 Å². The molecule has 0 aliphatic carbocycles. The van der Waals surface area contributed by atoms with Gasteiger partial charge in [-0.15, -0.1) is 0 Å². The van der Waals surface area contributed by atoms with Gasteiger partial charge in [-0.2, -0.15) is 11.3 Å². The maximum absolute atomic E-state index is 13.2. The van der Waals surface area contributed by atoms with Crippen molar-refractivity contribution in [3.63, 3.8) is 0 Å². The van der Waals surface area contributed by atoms with E-state index in [0.717, 1.165) is 5.56 Å². The molecule has 0 saturated heterocycles. The molecule has 0 spiro atoms. The Labute approximate surface area is 190 Å². The second kappa shape index (κ2) is 8.51. The van der Waals surface area contributed by atoms with Crippen LogP contribution in [0.15, 0.2) is 70.6 Å². The summed E-state index contributed by atoms with van der Waals surface area (Å²) in [5.74, 6) is -1.55. The average molecular weight is 450 g/mol. The van der Waals surface area contributed by atoms with Gasteiger partial charge in [-0.1, -0.05) is 32.0 Å². The number of para-hydroxylation sites is 1. The van der Waals surface area contributed by atoms with Crippen LogP contribution < -0.4 is 9.64 Å². The third-order valence-corrected chi connectivity index (χ3v) is 6.21. The Morgan fingerprint density at radius 1 is 1.12 bits per heavy atom. The molecule has 7 heteroatoms. The van der Waals surface area contributed by atoms with Crippen molar-refractivity contribution in [1.29, 1.82) is 0 Å². The van der Waals surface area contributed by atoms with Gasteiger partial charge in [0.15, 0.2) is 11.5 Å². The molecular formula is C25H23NO5S. The number of ether oxygens (including phenoxy) is 1. The number of hydrogen-bond acceptors (Lipinski definition) is 6. The van der Waals surface area contributed by atoms with Crippen molar-refractivity contribution < 1.29 is 24.5 Å². The van der Waals surface area contributed by atoms with Crippen LogP contribution in [0.4, 0.5) is 5.69 Å². The number of hydrogen-bond donors (Lipinski definition) is 2. The molecule has 1 aliphatic heterocycles. The highest BCUT2D eigenvalue weighted by Crippen LogP contribution is 2.46. The number of carbonyl (C=O) groups is 2. The standard InChI is InChI=1S/C25H23NO5S/c1-14(2)23(28)21-22(18-6-4-5-7-20(18)31-3)26(25(30)24(21)29)16-8-9-17(19(27)12-16)15-10-11-32-13-15/h4-14,22,27,29H,1-3H3. The topological polar surface area (TPSA) is 87.1 Å². The van der Waals surface area contributed by atoms with Gasteiger partial charge in [-0.3, -0.25) is 14.5 Å². The third kappa shape index (κ3) is 3.54. The van der Waals surface area contributed by atoms with Gasteiger partial charge in [0.1, 0.15) is 11.5 Å². The van der Waals surface area contributed by atoms with E-state index < -0.39 is 23.6 Å². The van der Waals surface area contributed by atoms with Crippen LogP contribution in [-0.2, 0) is 9.59 Å². The van der Waals surface area contributed by atoms with E-state index in [1.165, 1.54) is 29.4 Å². The Morgan fingerprint density at radius 3 is 2.50 bits per heavy atom. The van der Waals surface area contributed by atoms with Gasteiger partial charge in [0.05, 0.1) is 18.7 Å². The summed E-state index contributed by atoms with van der Waals surface area (Å²) in [6.07, 6.45) is 0. The number of aromatic hydroxyl groups is 1. The number of thiophene rings is 1. The smallest absolute Gasteiger partial charge is 0.294 e. The molecule has 0 radical (unpaired) electrons. The largest absolute Gasteiger partial charge is 0.507 e. The molecule has 4 rings (SSSR count). The molecule has 2 heterocycles. The van der Waals surface area contributed by atoms with E-state index in [2.05, 4.69) is 0 Å². The van der Waals surface area contributed by atoms with Crippen LogP contribution >= 0.6 is 11.3 Å². The van der Waals surface area contributed by atoms with Crippen LogP contribution in [0.1, 0.15) is 25.5 Å². The Balaban J connectivity index is 1.88. The lowest BCUT2D eigenvalue weighted by Crippen LogP contribution is -2.31. The number of Topliss-reactive ketones (excluding diaryl/α,β-unsaturated/α-hetero) is 1. The van der Waals surface area contributed by atoms with Crippen molar-refractivity contribution in [3.05, 3.63) is 76.2 Å². The molecule has 3 aromatic rings. The fourth-order valence-electron chi connectivity index (χ4n) is 3.95. The predicted molar refractivity (Wildman–Crippen MR) is 124 cm³/mol. The zero-order valence-electron chi connectivity index (χ0n) is 17.9. The summed E-state index contributed by atoms with van der Waals surface area (Å²) in [6.45, 7) is 3.44. The number of aliphatic hydroxyl groups is 1. The second-order valence-corrected chi connectivity index (χ2v) is 8.59. The highest BCUT2D eigenvalue weighted by molar-refractivity contribution is 7.08. The minimum Gasteiger partial charge on any atom is -0.507 e. The van der Waals surface area contributed by atoms with Crippen molar-refractivity contribution in [3.8, 4) is 22.6 Å². The molecule has 2 N–H and O–H groups in total. The van der Waals surface area contributed by atoms with Crippen molar-refractivity contribution in [1.82, 2.24) is 0 Å². The molecule has 2 aromatic carbocycles. The molecule has 1 amide bonds. The van der Waals surface area contributed by atoms with E-state index in [1.807, 2.05) is 16.8 Å². The van der Waals surface area contributed by atoms with Crippen LogP contribution in [0, 0.1) is 5.92 Å². The predicted octanol–water partition coefficient (Wildman–Crippen LogP) is 5.25. The number of carbonyl (C=O) groups excluding carboxylic acids is 2. The van der Waals surface area contributed by atoms with E-state index in [4.69, 9.17) is 4.74 Å². The first-order valence-corrected chi connectivity index (χ1v) is 11.1. The normalized spacial score (nSPS) is 16.2. The number of phenols is 1. The number of ketones is 1. The number of benzene rings is 2. The molecule has 32 heavy (non-hydrogen) atoms. The molecule has 0 saturated carbocycles. The lowest BCUT2D eigenvalue weighted by molar-refractivity contribution is -0.119. The van der Waals surface area contributed by atoms with Gasteiger partial charge in [-0.25, -0.2) is 0 Å². The Morgan fingerprint density at radius 2 is 1.88 bits per heavy atom. The summed E-state index contributed by atoms with van der Waals surface area (Å²) < 4.78 is 5.49. The Kier molecular flexibility index (Phi) is 5.76. The summed E-state index contributed by atoms with van der Waals surface area (Å²) in [5.41, 5.74) is 2.45. The minimum absolute atomic E-state index is 0.00407. The van der Waals surface area contributed by atoms with E-state index >= 15 is 0 Å². The molecule has 0 bridgehead atoms. The maximum Gasteiger partial charge on any atom is 0.294 e. The summed E-state index contributed by atoms with van der Waals surface area (Å²) in [4.78, 5) is 27.6. The maximum atomic E-state index is 13.2. The molecular weight excluding hydrogens is 426 g/mol. The number of methoxy groups -OCH3 is 1. The van der Waals surface area contributed by atoms with Crippen molar-refractivity contribution in [2.75, 3.05) is 12.0 Å². The molecule has 1 unspecified atom stereocenters. The van der Waals surface area contributed by atoms with E-state index in [0.29, 0.717) is 22.6 Å². The number of anilines is 1.